The molecule has 0 aliphatic heterocycles. The zero-order valence-corrected chi connectivity index (χ0v) is 44.7. The van der Waals surface area contributed by atoms with Gasteiger partial charge in [-0.1, -0.05) is 30.3 Å². The van der Waals surface area contributed by atoms with Gasteiger partial charge in [-0.05, 0) is 87.3 Å². The molecule has 0 aliphatic rings. The van der Waals surface area contributed by atoms with Crippen molar-refractivity contribution in [2.75, 3.05) is 10.6 Å². The van der Waals surface area contributed by atoms with Crippen molar-refractivity contribution >= 4 is 93.2 Å². The second-order valence-corrected chi connectivity index (χ2v) is 16.0. The minimum atomic E-state index is -5.22. The minimum Gasteiger partial charge on any atom is -0.744 e. The van der Waals surface area contributed by atoms with Gasteiger partial charge in [0.15, 0.2) is 0 Å². The van der Waals surface area contributed by atoms with E-state index >= 15 is 0 Å². The fraction of sp³-hybridized carbons (Fsp3) is 0.0323. The van der Waals surface area contributed by atoms with Crippen LogP contribution in [0.1, 0.15) is 21.7 Å². The smallest absolute Gasteiger partial charge is 0.744 e. The number of carbonyl (C=O) groups is 1. The molecule has 0 fully saturated rings. The molecule has 6 rings (SSSR count). The third kappa shape index (κ3) is 14.9. The first kappa shape index (κ1) is 56.7. The molecule has 0 bridgehead atoms. The monoisotopic (exact) mass is 927 g/mol. The quantitative estimate of drug-likeness (QED) is 0.0357. The number of anilines is 4. The average Bonchev–Trinajstić information content (AvgIpc) is 3.08. The Bertz CT molecular complexity index is 2850. The molecule has 2 N–H and O–H groups in total. The molecule has 0 saturated heterocycles. The fourth-order valence-electron chi connectivity index (χ4n) is 5.29. The van der Waals surface area contributed by atoms with Crippen LogP contribution in [0.15, 0.2) is 105 Å². The summed E-state index contributed by atoms with van der Waals surface area (Å²) in [4.78, 5) is 22.1. The van der Waals surface area contributed by atoms with Gasteiger partial charge < -0.3 is 39.5 Å². The molecular weight excluding hydrogens is 910 g/mol. The number of aromatic carboxylic acids is 1. The molecule has 0 unspecified atom stereocenters. The summed E-state index contributed by atoms with van der Waals surface area (Å²) in [5.41, 5.74) is 0.722. The number of carboxylic acid groups (broad SMARTS) is 1. The van der Waals surface area contributed by atoms with Crippen LogP contribution in [0, 0.1) is 0 Å². The van der Waals surface area contributed by atoms with Crippen molar-refractivity contribution in [1.29, 1.82) is 0 Å². The molecule has 0 amide bonds. The molecule has 59 heavy (non-hydrogen) atoms. The van der Waals surface area contributed by atoms with E-state index in [4.69, 9.17) is 0 Å². The molecular formula is C31H18N5Na5O14S4. The van der Waals surface area contributed by atoms with E-state index in [1.807, 2.05) is 0 Å². The van der Waals surface area contributed by atoms with Crippen LogP contribution in [0.3, 0.4) is 0 Å². The van der Waals surface area contributed by atoms with Gasteiger partial charge >= 0.3 is 148 Å². The topological polar surface area (TPSA) is 316 Å². The fourth-order valence-corrected chi connectivity index (χ4v) is 7.87. The zero-order chi connectivity index (χ0) is 39.0. The molecule has 28 heteroatoms. The van der Waals surface area contributed by atoms with Crippen LogP contribution in [0.5, 0.6) is 0 Å². The van der Waals surface area contributed by atoms with E-state index in [0.29, 0.717) is 23.7 Å². The summed E-state index contributed by atoms with van der Waals surface area (Å²) in [7, 11) is -15.4. The van der Waals surface area contributed by atoms with E-state index in [9.17, 15) is 54.1 Å². The molecule has 5 aromatic carbocycles. The second-order valence-electron chi connectivity index (χ2n) is 11.1. The average molecular weight is 928 g/mol. The van der Waals surface area contributed by atoms with Crippen molar-refractivity contribution in [1.82, 2.24) is 15.0 Å². The van der Waals surface area contributed by atoms with Gasteiger partial charge in [-0.3, -0.25) is 5.04 Å². The van der Waals surface area contributed by atoms with E-state index in [1.165, 1.54) is 60.7 Å². The largest absolute Gasteiger partial charge is 1.00 e. The van der Waals surface area contributed by atoms with Crippen molar-refractivity contribution in [2.24, 2.45) is 0 Å². The van der Waals surface area contributed by atoms with Crippen molar-refractivity contribution in [2.45, 2.75) is 26.0 Å². The van der Waals surface area contributed by atoms with E-state index < -0.39 is 51.0 Å². The number of nitrogens with one attached hydrogen (secondary N) is 2. The van der Waals surface area contributed by atoms with Gasteiger partial charge in [0.25, 0.3) is 0 Å². The molecule has 0 spiro atoms. The summed E-state index contributed by atoms with van der Waals surface area (Å²) >= 11 is 0.357. The first-order valence-electron chi connectivity index (χ1n) is 14.6. The van der Waals surface area contributed by atoms with Crippen molar-refractivity contribution in [3.05, 3.63) is 102 Å². The summed E-state index contributed by atoms with van der Waals surface area (Å²) in [6.45, 7) is 0. The molecule has 6 aromatic rings. The third-order valence-corrected chi connectivity index (χ3v) is 10.6. The van der Waals surface area contributed by atoms with E-state index in [-0.39, 0.29) is 215 Å². The molecule has 0 radical (unpaired) electrons. The number of hydrogen-bond acceptors (Lipinski definition) is 20. The maximum absolute atomic E-state index is 12.0. The summed E-state index contributed by atoms with van der Waals surface area (Å²) in [6.07, 6.45) is -0.0506. The first-order valence-corrected chi connectivity index (χ1v) is 19.6. The van der Waals surface area contributed by atoms with Gasteiger partial charge in [-0.15, -0.1) is 0 Å². The number of nitrogens with zero attached hydrogens (tertiary/aromatic N) is 3. The summed E-state index contributed by atoms with van der Waals surface area (Å²) in [6, 6.07) is 17.5. The molecule has 1 aromatic heterocycles. The number of rotatable bonds is 13. The van der Waals surface area contributed by atoms with Gasteiger partial charge in [-0.25, -0.2) is 25.3 Å². The number of carbonyl (C=O) groups excluding carboxylic acids is 1. The SMILES string of the molecule is O=C([O-])c1cccc(Cc2nc(Nc3ccc4c(S(=O)(=O)[O-])cc(SOO[O-])cc4c3)nc(Nc3ccc4c(S(=O)(=O)[O-])cc(S(=O)(=O)[O-])cc4c3)n2)c1.[Na+].[Na+].[Na+].[Na+].[Na+]. The molecule has 1 heterocycles. The Balaban J connectivity index is 0.00000348. The van der Waals surface area contributed by atoms with Gasteiger partial charge in [-0.2, -0.15) is 19.3 Å². The first-order chi connectivity index (χ1) is 25.4. The molecule has 0 atom stereocenters. The Morgan fingerprint density at radius 2 is 1.17 bits per heavy atom. The Morgan fingerprint density at radius 3 is 1.66 bits per heavy atom. The van der Waals surface area contributed by atoms with E-state index in [2.05, 4.69) is 35.0 Å². The van der Waals surface area contributed by atoms with Gasteiger partial charge in [0, 0.05) is 22.7 Å². The number of benzene rings is 5. The Morgan fingerprint density at radius 1 is 0.644 bits per heavy atom. The third-order valence-electron chi connectivity index (χ3n) is 7.48. The number of carboxylic acids is 1. The maximum Gasteiger partial charge on any atom is 1.00 e. The molecule has 0 saturated carbocycles. The Kier molecular flexibility index (Phi) is 22.6. The number of aromatic nitrogens is 3. The van der Waals surface area contributed by atoms with Gasteiger partial charge in [0.2, 0.25) is 11.9 Å². The number of hydrogen-bond donors (Lipinski definition) is 2. The van der Waals surface area contributed by atoms with Crippen LogP contribution < -0.4 is 169 Å². The predicted molar refractivity (Wildman–Crippen MR) is 180 cm³/mol. The standard InChI is InChI=1S/C31H23N5O14S4.5Na/c37-29(38)17-3-1-2-16(8-17)9-28-34-30(32-20-4-6-24-18(10-20)12-22(51-50-49-39)14-26(24)53(43,44)45)36-31(35-28)33-21-5-7-25-19(11-21)13-23(52(40,41)42)15-27(25)54(46,47)48;;;;;/h1-8,10-15,39H,9H2,(H,37,38)(H,40,41,42)(H,43,44,45)(H,46,47,48)(H2,32,33,34,35,36);;;;;/q;5*+1/p-5. The van der Waals surface area contributed by atoms with Crippen LogP contribution in [0.4, 0.5) is 23.3 Å². The maximum atomic E-state index is 12.0. The number of fused-ring (bicyclic) bond motifs is 2. The molecule has 280 valence electrons. The van der Waals surface area contributed by atoms with Gasteiger partial charge in [0.05, 0.1) is 32.7 Å². The van der Waals surface area contributed by atoms with E-state index in [0.717, 1.165) is 12.1 Å². The zero-order valence-electron chi connectivity index (χ0n) is 31.5. The van der Waals surface area contributed by atoms with Crippen LogP contribution in [-0.2, 0) is 46.1 Å². The molecule has 0 aliphatic carbocycles. The van der Waals surface area contributed by atoms with Gasteiger partial charge in [0.1, 0.15) is 36.2 Å². The Labute approximate surface area is 451 Å². The van der Waals surface area contributed by atoms with E-state index in [1.54, 1.807) is 6.07 Å². The van der Waals surface area contributed by atoms with Crippen molar-refractivity contribution in [3.63, 3.8) is 0 Å². The van der Waals surface area contributed by atoms with Crippen molar-refractivity contribution < 1.29 is 211 Å². The van der Waals surface area contributed by atoms with Crippen LogP contribution in [-0.4, -0.2) is 59.8 Å². The minimum absolute atomic E-state index is 0. The summed E-state index contributed by atoms with van der Waals surface area (Å²) in [5, 5.41) is 30.8. The Hall–Kier alpha value is -0.340. The summed E-state index contributed by atoms with van der Waals surface area (Å²) in [5.74, 6) is -1.63. The summed E-state index contributed by atoms with van der Waals surface area (Å²) < 4.78 is 111. The predicted octanol–water partition coefficient (Wildman–Crippen LogP) is -13.4. The van der Waals surface area contributed by atoms with Crippen LogP contribution in [0.25, 0.3) is 21.5 Å². The molecule has 19 nitrogen and oxygen atoms in total. The normalized spacial score (nSPS) is 11.2. The van der Waals surface area contributed by atoms with Crippen molar-refractivity contribution in [3.8, 4) is 0 Å². The van der Waals surface area contributed by atoms with Crippen LogP contribution >= 0.6 is 12.0 Å². The second kappa shape index (κ2) is 23.5. The van der Waals surface area contributed by atoms with Crippen LogP contribution in [0.2, 0.25) is 0 Å².